The van der Waals surface area contributed by atoms with Crippen molar-refractivity contribution in [3.8, 4) is 34.6 Å². The Morgan fingerprint density at radius 1 is 0.429 bits per heavy atom. The van der Waals surface area contributed by atoms with Crippen LogP contribution in [0.5, 0.6) is 0 Å². The molecule has 0 bridgehead atoms. The van der Waals surface area contributed by atoms with Gasteiger partial charge in [0, 0.05) is 48.4 Å². The molecule has 0 fully saturated rings. The van der Waals surface area contributed by atoms with Crippen molar-refractivity contribution >= 4 is 75.1 Å². The van der Waals surface area contributed by atoms with E-state index in [-0.39, 0.29) is 0 Å². The molecule has 0 atom stereocenters. The van der Waals surface area contributed by atoms with Crippen molar-refractivity contribution in [3.05, 3.63) is 157 Å². The highest BCUT2D eigenvalue weighted by Gasteiger charge is 2.19. The van der Waals surface area contributed by atoms with Gasteiger partial charge in [-0.05, 0) is 83.9 Å². The molecule has 10 aromatic rings. The first-order valence-electron chi connectivity index (χ1n) is 16.1. The van der Waals surface area contributed by atoms with Crippen molar-refractivity contribution in [1.82, 2.24) is 9.13 Å². The minimum atomic E-state index is 0.655. The summed E-state index contributed by atoms with van der Waals surface area (Å²) in [5.41, 5.74) is 10.1. The average Bonchev–Trinajstić information content (AvgIpc) is 3.82. The Labute approximate surface area is 285 Å². The molecule has 3 heterocycles. The van der Waals surface area contributed by atoms with Gasteiger partial charge in [0.2, 0.25) is 0 Å². The molecule has 0 saturated carbocycles. The van der Waals surface area contributed by atoms with Gasteiger partial charge >= 0.3 is 0 Å². The summed E-state index contributed by atoms with van der Waals surface area (Å²) in [4.78, 5) is 0. The Kier molecular flexibility index (Phi) is 5.84. The largest absolute Gasteiger partial charge is 0.309 e. The summed E-state index contributed by atoms with van der Waals surface area (Å²) in [5, 5.41) is 26.3. The number of nitriles is 2. The highest BCUT2D eigenvalue weighted by atomic mass is 32.1. The normalized spacial score (nSPS) is 11.6. The van der Waals surface area contributed by atoms with Gasteiger partial charge in [0.15, 0.2) is 0 Å². The topological polar surface area (TPSA) is 57.4 Å². The first-order chi connectivity index (χ1) is 24.2. The molecule has 226 valence electrons. The molecular formula is C44H24N4S. The molecule has 0 unspecified atom stereocenters. The van der Waals surface area contributed by atoms with Crippen LogP contribution in [0, 0.1) is 22.7 Å². The number of benzene rings is 7. The lowest BCUT2D eigenvalue weighted by molar-refractivity contribution is 1.18. The van der Waals surface area contributed by atoms with Crippen LogP contribution in [0.4, 0.5) is 0 Å². The van der Waals surface area contributed by atoms with Gasteiger partial charge in [-0.25, -0.2) is 0 Å². The van der Waals surface area contributed by atoms with Crippen molar-refractivity contribution in [2.75, 3.05) is 0 Å². The van der Waals surface area contributed by atoms with Crippen molar-refractivity contribution in [2.24, 2.45) is 0 Å². The van der Waals surface area contributed by atoms with E-state index in [0.29, 0.717) is 11.1 Å². The molecule has 5 heteroatoms. The fourth-order valence-electron chi connectivity index (χ4n) is 7.59. The Balaban J connectivity index is 1.20. The summed E-state index contributed by atoms with van der Waals surface area (Å²) in [6, 6.07) is 55.5. The summed E-state index contributed by atoms with van der Waals surface area (Å²) in [6.45, 7) is 0. The van der Waals surface area contributed by atoms with Gasteiger partial charge in [-0.3, -0.25) is 0 Å². The minimum absolute atomic E-state index is 0.655. The maximum Gasteiger partial charge on any atom is 0.0991 e. The third-order valence-electron chi connectivity index (χ3n) is 9.74. The fraction of sp³-hybridized carbons (Fsp3) is 0. The Morgan fingerprint density at radius 3 is 1.71 bits per heavy atom. The molecule has 0 aliphatic heterocycles. The SMILES string of the molecule is N#Cc1ccc2c(c1)c1ccccc1n2-c1cccc(-c2cccc(-n3c4ccc(C#N)cc4c4ccc5c6ccccc6sc5c43)c2)c1. The third kappa shape index (κ3) is 4.01. The molecule has 4 nitrogen and oxygen atoms in total. The summed E-state index contributed by atoms with van der Waals surface area (Å²) >= 11 is 1.82. The number of rotatable bonds is 3. The van der Waals surface area contributed by atoms with Crippen LogP contribution < -0.4 is 0 Å². The van der Waals surface area contributed by atoms with Crippen LogP contribution in [-0.2, 0) is 0 Å². The monoisotopic (exact) mass is 640 g/mol. The van der Waals surface area contributed by atoms with Crippen molar-refractivity contribution in [2.45, 2.75) is 0 Å². The number of aromatic nitrogens is 2. The van der Waals surface area contributed by atoms with E-state index in [4.69, 9.17) is 0 Å². The van der Waals surface area contributed by atoms with Gasteiger partial charge < -0.3 is 9.13 Å². The molecule has 0 amide bonds. The quantitative estimate of drug-likeness (QED) is 0.193. The van der Waals surface area contributed by atoms with E-state index in [1.54, 1.807) is 0 Å². The molecule has 0 aliphatic rings. The molecular weight excluding hydrogens is 617 g/mol. The lowest BCUT2D eigenvalue weighted by atomic mass is 10.0. The van der Waals surface area contributed by atoms with Gasteiger partial charge in [-0.1, -0.05) is 72.8 Å². The number of hydrogen-bond acceptors (Lipinski definition) is 3. The number of para-hydroxylation sites is 1. The number of nitrogens with zero attached hydrogens (tertiary/aromatic N) is 4. The van der Waals surface area contributed by atoms with Gasteiger partial charge in [-0.2, -0.15) is 10.5 Å². The van der Waals surface area contributed by atoms with Crippen molar-refractivity contribution in [3.63, 3.8) is 0 Å². The van der Waals surface area contributed by atoms with E-state index in [1.165, 1.54) is 20.2 Å². The van der Waals surface area contributed by atoms with E-state index in [1.807, 2.05) is 35.6 Å². The first kappa shape index (κ1) is 27.5. The Hall–Kier alpha value is -6.66. The van der Waals surface area contributed by atoms with E-state index in [9.17, 15) is 10.5 Å². The van der Waals surface area contributed by atoms with Crippen molar-refractivity contribution < 1.29 is 0 Å². The van der Waals surface area contributed by atoms with Gasteiger partial charge in [-0.15, -0.1) is 11.3 Å². The summed E-state index contributed by atoms with van der Waals surface area (Å²) in [7, 11) is 0. The van der Waals surface area contributed by atoms with Gasteiger partial charge in [0.25, 0.3) is 0 Å². The molecule has 49 heavy (non-hydrogen) atoms. The maximum atomic E-state index is 9.78. The summed E-state index contributed by atoms with van der Waals surface area (Å²) in [6.07, 6.45) is 0. The highest BCUT2D eigenvalue weighted by Crippen LogP contribution is 2.43. The molecule has 0 saturated heterocycles. The predicted molar refractivity (Wildman–Crippen MR) is 203 cm³/mol. The van der Waals surface area contributed by atoms with Crippen LogP contribution in [0.15, 0.2) is 146 Å². The molecule has 7 aromatic carbocycles. The number of hydrogen-bond donors (Lipinski definition) is 0. The number of fused-ring (bicyclic) bond motifs is 10. The van der Waals surface area contributed by atoms with Crippen molar-refractivity contribution in [1.29, 1.82) is 10.5 Å². The lowest BCUT2D eigenvalue weighted by Gasteiger charge is -2.13. The van der Waals surface area contributed by atoms with Gasteiger partial charge in [0.05, 0.1) is 50.0 Å². The van der Waals surface area contributed by atoms with Crippen LogP contribution >= 0.6 is 11.3 Å². The molecule has 3 aromatic heterocycles. The first-order valence-corrected chi connectivity index (χ1v) is 16.9. The average molecular weight is 641 g/mol. The number of thiophene rings is 1. The van der Waals surface area contributed by atoms with E-state index in [0.717, 1.165) is 66.1 Å². The second-order valence-corrected chi connectivity index (χ2v) is 13.5. The highest BCUT2D eigenvalue weighted by molar-refractivity contribution is 7.26. The zero-order valence-electron chi connectivity index (χ0n) is 26.1. The minimum Gasteiger partial charge on any atom is -0.309 e. The molecule has 0 radical (unpaired) electrons. The van der Waals surface area contributed by atoms with Crippen LogP contribution in [0.3, 0.4) is 0 Å². The fourth-order valence-corrected chi connectivity index (χ4v) is 8.83. The zero-order chi connectivity index (χ0) is 32.6. The summed E-state index contributed by atoms with van der Waals surface area (Å²) in [5.74, 6) is 0. The van der Waals surface area contributed by atoms with Crippen LogP contribution in [0.1, 0.15) is 11.1 Å². The molecule has 0 aliphatic carbocycles. The molecule has 0 spiro atoms. The standard InChI is InChI=1S/C44H24N4S/c45-25-27-15-19-40-37(21-27)33-11-1-3-13-39(33)47(40)31-9-5-7-29(23-31)30-8-6-10-32(24-30)48-41-20-16-28(26-46)22-38(41)35-17-18-36-34-12-2-4-14-42(34)49-44(36)43(35)48/h1-24H. The Morgan fingerprint density at radius 2 is 1.00 bits per heavy atom. The van der Waals surface area contributed by atoms with Crippen LogP contribution in [0.25, 0.3) is 86.3 Å². The maximum absolute atomic E-state index is 9.78. The smallest absolute Gasteiger partial charge is 0.0991 e. The van der Waals surface area contributed by atoms with Gasteiger partial charge in [0.1, 0.15) is 0 Å². The molecule has 10 rings (SSSR count). The third-order valence-corrected chi connectivity index (χ3v) is 10.9. The molecule has 0 N–H and O–H groups in total. The van der Waals surface area contributed by atoms with E-state index < -0.39 is 0 Å². The van der Waals surface area contributed by atoms with E-state index >= 15 is 0 Å². The second kappa shape index (κ2) is 10.4. The second-order valence-electron chi connectivity index (χ2n) is 12.4. The van der Waals surface area contributed by atoms with Crippen LogP contribution in [0.2, 0.25) is 0 Å². The zero-order valence-corrected chi connectivity index (χ0v) is 26.9. The Bertz CT molecular complexity index is 3090. The van der Waals surface area contributed by atoms with E-state index in [2.05, 4.69) is 143 Å². The van der Waals surface area contributed by atoms with Crippen LogP contribution in [-0.4, -0.2) is 9.13 Å². The predicted octanol–water partition coefficient (Wildman–Crippen LogP) is 11.7. The lowest BCUT2D eigenvalue weighted by Crippen LogP contribution is -1.96. The summed E-state index contributed by atoms with van der Waals surface area (Å²) < 4.78 is 7.17.